The third-order valence-corrected chi connectivity index (χ3v) is 3.37. The van der Waals surface area contributed by atoms with Gasteiger partial charge in [-0.2, -0.15) is 0 Å². The molecule has 1 heterocycles. The van der Waals surface area contributed by atoms with E-state index in [2.05, 4.69) is 41.0 Å². The highest BCUT2D eigenvalue weighted by molar-refractivity contribution is 5.59. The van der Waals surface area contributed by atoms with E-state index in [1.165, 1.54) is 18.4 Å². The van der Waals surface area contributed by atoms with E-state index in [9.17, 15) is 0 Å². The zero-order valence-electron chi connectivity index (χ0n) is 12.0. The molecule has 0 amide bonds. The molecule has 4 heteroatoms. The molecule has 0 aromatic carbocycles. The Morgan fingerprint density at radius 3 is 2.50 bits per heavy atom. The molecule has 1 fully saturated rings. The molecule has 0 unspecified atom stereocenters. The number of aromatic nitrogens is 2. The largest absolute Gasteiger partial charge is 0.370 e. The Morgan fingerprint density at radius 1 is 1.22 bits per heavy atom. The minimum atomic E-state index is 0.696. The zero-order valence-corrected chi connectivity index (χ0v) is 12.0. The average Bonchev–Trinajstić information content (AvgIpc) is 3.16. The fourth-order valence-corrected chi connectivity index (χ4v) is 2.28. The van der Waals surface area contributed by atoms with Gasteiger partial charge in [-0.05, 0) is 40.0 Å². The predicted molar refractivity (Wildman–Crippen MR) is 76.3 cm³/mol. The smallest absolute Gasteiger partial charge is 0.137 e. The van der Waals surface area contributed by atoms with Gasteiger partial charge in [0.1, 0.15) is 17.5 Å². The number of nitrogens with zero attached hydrogens (tertiary/aromatic N) is 3. The van der Waals surface area contributed by atoms with Gasteiger partial charge < -0.3 is 10.2 Å². The average molecular weight is 248 g/mol. The summed E-state index contributed by atoms with van der Waals surface area (Å²) in [6.45, 7) is 10.5. The van der Waals surface area contributed by atoms with Gasteiger partial charge in [0.05, 0.1) is 0 Å². The third-order valence-electron chi connectivity index (χ3n) is 3.37. The Hall–Kier alpha value is -1.32. The monoisotopic (exact) mass is 248 g/mol. The van der Waals surface area contributed by atoms with E-state index in [4.69, 9.17) is 0 Å². The van der Waals surface area contributed by atoms with Gasteiger partial charge in [0.2, 0.25) is 0 Å². The summed E-state index contributed by atoms with van der Waals surface area (Å²) in [5, 5.41) is 3.40. The Kier molecular flexibility index (Phi) is 4.04. The van der Waals surface area contributed by atoms with Gasteiger partial charge in [-0.3, -0.25) is 0 Å². The van der Waals surface area contributed by atoms with Crippen LogP contribution < -0.4 is 10.2 Å². The maximum atomic E-state index is 4.65. The van der Waals surface area contributed by atoms with Crippen LogP contribution in [0.5, 0.6) is 0 Å². The van der Waals surface area contributed by atoms with Crippen LogP contribution in [0.2, 0.25) is 0 Å². The first kappa shape index (κ1) is 13.1. The van der Waals surface area contributed by atoms with Gasteiger partial charge in [0.15, 0.2) is 0 Å². The summed E-state index contributed by atoms with van der Waals surface area (Å²) in [6, 6.07) is 0.696. The number of aryl methyl sites for hydroxylation is 1. The van der Waals surface area contributed by atoms with Gasteiger partial charge >= 0.3 is 0 Å². The van der Waals surface area contributed by atoms with Crippen molar-refractivity contribution >= 4 is 11.6 Å². The summed E-state index contributed by atoms with van der Waals surface area (Å²) >= 11 is 0. The Labute approximate surface area is 110 Å². The molecule has 0 radical (unpaired) electrons. The molecule has 18 heavy (non-hydrogen) atoms. The van der Waals surface area contributed by atoms with Crippen LogP contribution in [0.1, 0.15) is 44.5 Å². The standard InChI is InChI=1S/C14H24N4/c1-5-9-15-13-10(3)14(17-11(4)16-13)18(6-2)12-7-8-12/h12H,5-9H2,1-4H3,(H,15,16,17). The predicted octanol–water partition coefficient (Wildman–Crippen LogP) is 2.90. The van der Waals surface area contributed by atoms with Crippen molar-refractivity contribution in [3.63, 3.8) is 0 Å². The fraction of sp³-hybridized carbons (Fsp3) is 0.714. The van der Waals surface area contributed by atoms with Crippen LogP contribution in [0.25, 0.3) is 0 Å². The molecule has 1 aromatic rings. The van der Waals surface area contributed by atoms with Crippen LogP contribution in [0, 0.1) is 13.8 Å². The highest BCUT2D eigenvalue weighted by atomic mass is 15.2. The minimum absolute atomic E-state index is 0.696. The van der Waals surface area contributed by atoms with Crippen molar-refractivity contribution in [2.24, 2.45) is 0 Å². The van der Waals surface area contributed by atoms with Gasteiger partial charge in [-0.25, -0.2) is 9.97 Å². The van der Waals surface area contributed by atoms with Crippen LogP contribution in [0.3, 0.4) is 0 Å². The molecular weight excluding hydrogens is 224 g/mol. The number of nitrogens with one attached hydrogen (secondary N) is 1. The SMILES string of the molecule is CCCNc1nc(C)nc(N(CC)C2CC2)c1C. The first-order valence-corrected chi connectivity index (χ1v) is 7.03. The number of hydrogen-bond donors (Lipinski definition) is 1. The minimum Gasteiger partial charge on any atom is -0.370 e. The Balaban J connectivity index is 2.30. The maximum Gasteiger partial charge on any atom is 0.137 e. The fourth-order valence-electron chi connectivity index (χ4n) is 2.28. The molecule has 0 saturated heterocycles. The van der Waals surface area contributed by atoms with Crippen molar-refractivity contribution in [3.8, 4) is 0 Å². The summed E-state index contributed by atoms with van der Waals surface area (Å²) in [6.07, 6.45) is 3.71. The molecule has 0 bridgehead atoms. The highest BCUT2D eigenvalue weighted by Crippen LogP contribution is 2.33. The van der Waals surface area contributed by atoms with Gasteiger partial charge in [-0.1, -0.05) is 6.92 Å². The van der Waals surface area contributed by atoms with Crippen molar-refractivity contribution in [3.05, 3.63) is 11.4 Å². The van der Waals surface area contributed by atoms with E-state index in [0.29, 0.717) is 6.04 Å². The van der Waals surface area contributed by atoms with Crippen molar-refractivity contribution in [1.82, 2.24) is 9.97 Å². The van der Waals surface area contributed by atoms with E-state index < -0.39 is 0 Å². The summed E-state index contributed by atoms with van der Waals surface area (Å²) in [5.41, 5.74) is 1.18. The Morgan fingerprint density at radius 2 is 1.94 bits per heavy atom. The Bertz CT molecular complexity index is 413. The molecule has 1 aliphatic rings. The third kappa shape index (κ3) is 2.74. The lowest BCUT2D eigenvalue weighted by Gasteiger charge is -2.24. The molecule has 1 saturated carbocycles. The first-order chi connectivity index (χ1) is 8.67. The van der Waals surface area contributed by atoms with E-state index in [1.807, 2.05) is 6.92 Å². The molecular formula is C14H24N4. The second kappa shape index (κ2) is 5.55. The molecule has 2 rings (SSSR count). The second-order valence-corrected chi connectivity index (χ2v) is 5.01. The number of anilines is 2. The highest BCUT2D eigenvalue weighted by Gasteiger charge is 2.30. The van der Waals surface area contributed by atoms with E-state index in [-0.39, 0.29) is 0 Å². The number of hydrogen-bond acceptors (Lipinski definition) is 4. The summed E-state index contributed by atoms with van der Waals surface area (Å²) in [4.78, 5) is 11.6. The lowest BCUT2D eigenvalue weighted by Crippen LogP contribution is -2.27. The van der Waals surface area contributed by atoms with Crippen molar-refractivity contribution in [1.29, 1.82) is 0 Å². The van der Waals surface area contributed by atoms with Crippen molar-refractivity contribution in [2.75, 3.05) is 23.3 Å². The summed E-state index contributed by atoms with van der Waals surface area (Å²) in [5.74, 6) is 2.97. The summed E-state index contributed by atoms with van der Waals surface area (Å²) < 4.78 is 0. The van der Waals surface area contributed by atoms with E-state index in [1.54, 1.807) is 0 Å². The van der Waals surface area contributed by atoms with Gasteiger partial charge in [0, 0.05) is 24.7 Å². The van der Waals surface area contributed by atoms with Crippen LogP contribution in [0.4, 0.5) is 11.6 Å². The molecule has 0 spiro atoms. The summed E-state index contributed by atoms with van der Waals surface area (Å²) in [7, 11) is 0. The van der Waals surface area contributed by atoms with E-state index >= 15 is 0 Å². The van der Waals surface area contributed by atoms with Gasteiger partial charge in [0.25, 0.3) is 0 Å². The van der Waals surface area contributed by atoms with E-state index in [0.717, 1.165) is 37.0 Å². The van der Waals surface area contributed by atoms with Crippen LogP contribution in [0.15, 0.2) is 0 Å². The van der Waals surface area contributed by atoms with Crippen LogP contribution >= 0.6 is 0 Å². The van der Waals surface area contributed by atoms with Crippen molar-refractivity contribution in [2.45, 2.75) is 53.0 Å². The molecule has 0 atom stereocenters. The normalized spacial score (nSPS) is 14.7. The van der Waals surface area contributed by atoms with Crippen molar-refractivity contribution < 1.29 is 0 Å². The molecule has 4 nitrogen and oxygen atoms in total. The maximum absolute atomic E-state index is 4.65. The molecule has 100 valence electrons. The molecule has 1 N–H and O–H groups in total. The zero-order chi connectivity index (χ0) is 13.1. The van der Waals surface area contributed by atoms with Gasteiger partial charge in [-0.15, -0.1) is 0 Å². The quantitative estimate of drug-likeness (QED) is 0.840. The lowest BCUT2D eigenvalue weighted by atomic mass is 10.2. The lowest BCUT2D eigenvalue weighted by molar-refractivity contribution is 0.793. The topological polar surface area (TPSA) is 41.1 Å². The molecule has 1 aromatic heterocycles. The molecule has 0 aliphatic heterocycles. The second-order valence-electron chi connectivity index (χ2n) is 5.01. The van der Waals surface area contributed by atoms with Crippen LogP contribution in [-0.2, 0) is 0 Å². The molecule has 1 aliphatic carbocycles. The first-order valence-electron chi connectivity index (χ1n) is 7.03. The number of rotatable bonds is 6. The van der Waals surface area contributed by atoms with Crippen LogP contribution in [-0.4, -0.2) is 29.1 Å².